The number of amides is 1. The summed E-state index contributed by atoms with van der Waals surface area (Å²) in [6.07, 6.45) is 0. The first-order valence-corrected chi connectivity index (χ1v) is 6.86. The van der Waals surface area contributed by atoms with Gasteiger partial charge in [-0.1, -0.05) is 30.3 Å². The van der Waals surface area contributed by atoms with Crippen LogP contribution in [0.1, 0.15) is 12.5 Å². The van der Waals surface area contributed by atoms with E-state index >= 15 is 0 Å². The minimum absolute atomic E-state index is 0.146. The van der Waals surface area contributed by atoms with E-state index in [-0.39, 0.29) is 11.9 Å². The smallest absolute Gasteiger partial charge is 0.232 e. The van der Waals surface area contributed by atoms with Crippen molar-refractivity contribution in [3.63, 3.8) is 0 Å². The topological polar surface area (TPSA) is 46.3 Å². The van der Waals surface area contributed by atoms with Crippen molar-refractivity contribution in [2.24, 2.45) is 5.73 Å². The molecule has 1 aromatic carbocycles. The molecule has 4 heteroatoms. The maximum absolute atomic E-state index is 11.8. The fourth-order valence-electron chi connectivity index (χ4n) is 1.39. The van der Waals surface area contributed by atoms with Gasteiger partial charge in [-0.2, -0.15) is 11.8 Å². The molecule has 1 aromatic rings. The van der Waals surface area contributed by atoms with Gasteiger partial charge in [-0.25, -0.2) is 0 Å². The van der Waals surface area contributed by atoms with Crippen LogP contribution >= 0.6 is 11.8 Å². The van der Waals surface area contributed by atoms with E-state index in [1.165, 1.54) is 0 Å². The molecule has 0 radical (unpaired) electrons. The molecule has 0 aromatic heterocycles. The number of thioether (sulfide) groups is 1. The first-order valence-electron chi connectivity index (χ1n) is 5.71. The fourth-order valence-corrected chi connectivity index (χ4v) is 2.27. The molecule has 0 spiro atoms. The summed E-state index contributed by atoms with van der Waals surface area (Å²) in [4.78, 5) is 13.5. The van der Waals surface area contributed by atoms with Crippen LogP contribution in [0.25, 0.3) is 0 Å². The standard InChI is InChI=1S/C13H20N2OS/c1-11(14)9-17-10-13(16)15(2)8-12-6-4-3-5-7-12/h3-7,11H,8-10,14H2,1-2H3. The van der Waals surface area contributed by atoms with Crippen molar-refractivity contribution in [1.29, 1.82) is 0 Å². The van der Waals surface area contributed by atoms with Gasteiger partial charge in [0.25, 0.3) is 0 Å². The first kappa shape index (κ1) is 14.1. The highest BCUT2D eigenvalue weighted by Gasteiger charge is 2.09. The summed E-state index contributed by atoms with van der Waals surface area (Å²) < 4.78 is 0. The molecule has 2 N–H and O–H groups in total. The molecule has 0 aliphatic rings. The molecule has 0 saturated carbocycles. The van der Waals surface area contributed by atoms with Gasteiger partial charge >= 0.3 is 0 Å². The van der Waals surface area contributed by atoms with Gasteiger partial charge in [-0.15, -0.1) is 0 Å². The van der Waals surface area contributed by atoms with Crippen LogP contribution in [0.2, 0.25) is 0 Å². The third kappa shape index (κ3) is 5.75. The van der Waals surface area contributed by atoms with E-state index in [0.717, 1.165) is 11.3 Å². The fraction of sp³-hybridized carbons (Fsp3) is 0.462. The van der Waals surface area contributed by atoms with E-state index in [0.29, 0.717) is 12.3 Å². The maximum Gasteiger partial charge on any atom is 0.232 e. The third-order valence-corrected chi connectivity index (χ3v) is 3.51. The molecule has 0 fully saturated rings. The van der Waals surface area contributed by atoms with Crippen LogP contribution in [-0.4, -0.2) is 35.4 Å². The molecule has 0 aliphatic heterocycles. The molecular weight excluding hydrogens is 232 g/mol. The minimum Gasteiger partial charge on any atom is -0.341 e. The second-order valence-electron chi connectivity index (χ2n) is 4.23. The maximum atomic E-state index is 11.8. The number of carbonyl (C=O) groups is 1. The SMILES string of the molecule is CC(N)CSCC(=O)N(C)Cc1ccccc1. The molecule has 0 aliphatic carbocycles. The minimum atomic E-state index is 0.146. The summed E-state index contributed by atoms with van der Waals surface area (Å²) in [6.45, 7) is 2.61. The number of nitrogens with zero attached hydrogens (tertiary/aromatic N) is 1. The van der Waals surface area contributed by atoms with Gasteiger partial charge in [-0.3, -0.25) is 4.79 Å². The molecule has 17 heavy (non-hydrogen) atoms. The molecular formula is C13H20N2OS. The van der Waals surface area contributed by atoms with Crippen LogP contribution in [-0.2, 0) is 11.3 Å². The van der Waals surface area contributed by atoms with Crippen LogP contribution < -0.4 is 5.73 Å². The van der Waals surface area contributed by atoms with Crippen molar-refractivity contribution in [2.75, 3.05) is 18.6 Å². The van der Waals surface area contributed by atoms with Crippen LogP contribution in [0.15, 0.2) is 30.3 Å². The number of carbonyl (C=O) groups excluding carboxylic acids is 1. The Morgan fingerprint density at radius 3 is 2.65 bits per heavy atom. The quantitative estimate of drug-likeness (QED) is 0.838. The Morgan fingerprint density at radius 2 is 2.06 bits per heavy atom. The average molecular weight is 252 g/mol. The number of nitrogens with two attached hydrogens (primary N) is 1. The van der Waals surface area contributed by atoms with Crippen LogP contribution in [0.5, 0.6) is 0 Å². The largest absolute Gasteiger partial charge is 0.341 e. The van der Waals surface area contributed by atoms with Gasteiger partial charge in [0.15, 0.2) is 0 Å². The lowest BCUT2D eigenvalue weighted by Gasteiger charge is -2.17. The summed E-state index contributed by atoms with van der Waals surface area (Å²) in [7, 11) is 1.84. The van der Waals surface area contributed by atoms with Crippen molar-refractivity contribution >= 4 is 17.7 Å². The Kier molecular flexibility index (Phi) is 6.08. The van der Waals surface area contributed by atoms with E-state index in [1.807, 2.05) is 44.3 Å². The lowest BCUT2D eigenvalue weighted by molar-refractivity contribution is -0.127. The van der Waals surface area contributed by atoms with Crippen LogP contribution in [0.3, 0.4) is 0 Å². The van der Waals surface area contributed by atoms with Gasteiger partial charge < -0.3 is 10.6 Å². The van der Waals surface area contributed by atoms with E-state index < -0.39 is 0 Å². The van der Waals surface area contributed by atoms with Gasteiger partial charge in [0.05, 0.1) is 5.75 Å². The number of hydrogen-bond acceptors (Lipinski definition) is 3. The summed E-state index contributed by atoms with van der Waals surface area (Å²) in [5.41, 5.74) is 6.79. The monoisotopic (exact) mass is 252 g/mol. The van der Waals surface area contributed by atoms with Crippen LogP contribution in [0.4, 0.5) is 0 Å². The van der Waals surface area contributed by atoms with Crippen molar-refractivity contribution < 1.29 is 4.79 Å². The summed E-state index contributed by atoms with van der Waals surface area (Å²) in [5, 5.41) is 0. The molecule has 1 amide bonds. The Morgan fingerprint density at radius 1 is 1.41 bits per heavy atom. The molecule has 0 saturated heterocycles. The number of rotatable bonds is 6. The molecule has 1 atom stereocenters. The Hall–Kier alpha value is -1.00. The Balaban J connectivity index is 2.32. The van der Waals surface area contributed by atoms with Crippen molar-refractivity contribution in [3.05, 3.63) is 35.9 Å². The summed E-state index contributed by atoms with van der Waals surface area (Å²) in [5.74, 6) is 1.48. The van der Waals surface area contributed by atoms with Gasteiger partial charge in [0, 0.05) is 25.4 Å². The van der Waals surface area contributed by atoms with E-state index in [4.69, 9.17) is 5.73 Å². The number of hydrogen-bond donors (Lipinski definition) is 1. The lowest BCUT2D eigenvalue weighted by Crippen LogP contribution is -2.28. The highest BCUT2D eigenvalue weighted by molar-refractivity contribution is 7.99. The second kappa shape index (κ2) is 7.35. The lowest BCUT2D eigenvalue weighted by atomic mass is 10.2. The van der Waals surface area contributed by atoms with Gasteiger partial charge in [0.2, 0.25) is 5.91 Å². The molecule has 1 rings (SSSR count). The summed E-state index contributed by atoms with van der Waals surface area (Å²) >= 11 is 1.59. The summed E-state index contributed by atoms with van der Waals surface area (Å²) in [6, 6.07) is 10.1. The van der Waals surface area contributed by atoms with E-state index in [1.54, 1.807) is 16.7 Å². The van der Waals surface area contributed by atoms with Gasteiger partial charge in [-0.05, 0) is 12.5 Å². The Labute approximate surface area is 107 Å². The highest BCUT2D eigenvalue weighted by Crippen LogP contribution is 2.07. The van der Waals surface area contributed by atoms with Crippen LogP contribution in [0, 0.1) is 0 Å². The molecule has 0 heterocycles. The molecule has 1 unspecified atom stereocenters. The molecule has 94 valence electrons. The zero-order valence-corrected chi connectivity index (χ0v) is 11.2. The Bertz CT molecular complexity index is 341. The zero-order valence-electron chi connectivity index (χ0n) is 10.4. The molecule has 0 bridgehead atoms. The normalized spacial score (nSPS) is 12.2. The second-order valence-corrected chi connectivity index (χ2v) is 5.26. The van der Waals surface area contributed by atoms with Gasteiger partial charge in [0.1, 0.15) is 0 Å². The van der Waals surface area contributed by atoms with Crippen molar-refractivity contribution in [2.45, 2.75) is 19.5 Å². The highest BCUT2D eigenvalue weighted by atomic mass is 32.2. The zero-order chi connectivity index (χ0) is 12.7. The predicted molar refractivity (Wildman–Crippen MR) is 73.9 cm³/mol. The third-order valence-electron chi connectivity index (χ3n) is 2.29. The van der Waals surface area contributed by atoms with Crippen molar-refractivity contribution in [1.82, 2.24) is 4.90 Å². The first-order chi connectivity index (χ1) is 8.09. The van der Waals surface area contributed by atoms with E-state index in [2.05, 4.69) is 0 Å². The average Bonchev–Trinajstić information content (AvgIpc) is 2.29. The molecule has 3 nitrogen and oxygen atoms in total. The van der Waals surface area contributed by atoms with Crippen molar-refractivity contribution in [3.8, 4) is 0 Å². The number of benzene rings is 1. The predicted octanol–water partition coefficient (Wildman–Crippen LogP) is 1.73. The van der Waals surface area contributed by atoms with E-state index in [9.17, 15) is 4.79 Å².